The van der Waals surface area contributed by atoms with Gasteiger partial charge in [0.25, 0.3) is 5.91 Å². The number of nitrogens with zero attached hydrogens (tertiary/aromatic N) is 4. The van der Waals surface area contributed by atoms with Gasteiger partial charge in [-0.3, -0.25) is 4.79 Å². The lowest BCUT2D eigenvalue weighted by Crippen LogP contribution is -2.38. The monoisotopic (exact) mass is 446 g/mol. The van der Waals surface area contributed by atoms with Crippen molar-refractivity contribution in [2.24, 2.45) is 4.99 Å². The van der Waals surface area contributed by atoms with Crippen molar-refractivity contribution in [3.63, 3.8) is 0 Å². The fourth-order valence-electron chi connectivity index (χ4n) is 3.54. The predicted octanol–water partition coefficient (Wildman–Crippen LogP) is 3.30. The van der Waals surface area contributed by atoms with E-state index in [1.807, 2.05) is 61.5 Å². The summed E-state index contributed by atoms with van der Waals surface area (Å²) in [5, 5.41) is 7.85. The number of guanidine groups is 1. The average Bonchev–Trinajstić information content (AvgIpc) is 2.81. The molecule has 0 saturated heterocycles. The number of pyridine rings is 1. The standard InChI is InChI=1S/C26H34N6O/c1-6-27-26(28-15-14-19-10-9-11-20(16-19)25(33)32(4)5)29-18-21-17-24(31(2)3)30-23-13-8-7-12-22(21)23/h7-13,16-17H,6,14-15,18H2,1-5H3,(H2,27,28,29). The summed E-state index contributed by atoms with van der Waals surface area (Å²) in [4.78, 5) is 25.4. The van der Waals surface area contributed by atoms with E-state index in [1.165, 1.54) is 0 Å². The molecule has 1 heterocycles. The number of fused-ring (bicyclic) bond motifs is 1. The molecule has 0 aliphatic rings. The van der Waals surface area contributed by atoms with Crippen LogP contribution < -0.4 is 15.5 Å². The van der Waals surface area contributed by atoms with Gasteiger partial charge < -0.3 is 20.4 Å². The topological polar surface area (TPSA) is 72.9 Å². The highest BCUT2D eigenvalue weighted by Gasteiger charge is 2.09. The number of hydrogen-bond acceptors (Lipinski definition) is 4. The summed E-state index contributed by atoms with van der Waals surface area (Å²) in [5.74, 6) is 1.70. The van der Waals surface area contributed by atoms with Gasteiger partial charge in [0.1, 0.15) is 5.82 Å². The fraction of sp³-hybridized carbons (Fsp3) is 0.346. The number of carbonyl (C=O) groups excluding carboxylic acids is 1. The molecule has 2 N–H and O–H groups in total. The third-order valence-electron chi connectivity index (χ3n) is 5.28. The van der Waals surface area contributed by atoms with Gasteiger partial charge >= 0.3 is 0 Å². The summed E-state index contributed by atoms with van der Waals surface area (Å²) < 4.78 is 0. The van der Waals surface area contributed by atoms with Crippen LogP contribution in [0, 0.1) is 0 Å². The molecule has 0 atom stereocenters. The van der Waals surface area contributed by atoms with Gasteiger partial charge in [-0.2, -0.15) is 0 Å². The fourth-order valence-corrected chi connectivity index (χ4v) is 3.54. The second kappa shape index (κ2) is 11.3. The van der Waals surface area contributed by atoms with Gasteiger partial charge in [0.15, 0.2) is 5.96 Å². The second-order valence-corrected chi connectivity index (χ2v) is 8.32. The van der Waals surface area contributed by atoms with E-state index >= 15 is 0 Å². The lowest BCUT2D eigenvalue weighted by atomic mass is 10.1. The van der Waals surface area contributed by atoms with Crippen LogP contribution in [0.15, 0.2) is 59.6 Å². The molecule has 0 aliphatic heterocycles. The summed E-state index contributed by atoms with van der Waals surface area (Å²) in [7, 11) is 7.53. The first-order valence-electron chi connectivity index (χ1n) is 11.3. The first-order chi connectivity index (χ1) is 15.9. The normalized spacial score (nSPS) is 11.4. The molecule has 3 rings (SSSR count). The Labute approximate surface area is 196 Å². The number of aromatic nitrogens is 1. The van der Waals surface area contributed by atoms with Gasteiger partial charge in [0.2, 0.25) is 0 Å². The molecule has 3 aromatic rings. The number of nitrogens with one attached hydrogen (secondary N) is 2. The van der Waals surface area contributed by atoms with E-state index in [2.05, 4.69) is 29.7 Å². The Balaban J connectivity index is 1.71. The molecule has 0 saturated carbocycles. The molecule has 7 nitrogen and oxygen atoms in total. The molecule has 7 heteroatoms. The average molecular weight is 447 g/mol. The van der Waals surface area contributed by atoms with Crippen molar-refractivity contribution in [1.29, 1.82) is 0 Å². The molecule has 0 spiro atoms. The van der Waals surface area contributed by atoms with E-state index in [1.54, 1.807) is 19.0 Å². The van der Waals surface area contributed by atoms with E-state index in [4.69, 9.17) is 9.98 Å². The minimum Gasteiger partial charge on any atom is -0.363 e. The largest absolute Gasteiger partial charge is 0.363 e. The molecule has 0 aliphatic carbocycles. The minimum atomic E-state index is 0.0152. The van der Waals surface area contributed by atoms with Crippen LogP contribution in [0.5, 0.6) is 0 Å². The zero-order chi connectivity index (χ0) is 23.8. The van der Waals surface area contributed by atoms with Gasteiger partial charge in [-0.05, 0) is 48.7 Å². The highest BCUT2D eigenvalue weighted by molar-refractivity contribution is 5.94. The first kappa shape index (κ1) is 24.0. The van der Waals surface area contributed by atoms with Crippen LogP contribution in [-0.4, -0.2) is 63.0 Å². The van der Waals surface area contributed by atoms with Crippen LogP contribution in [0.1, 0.15) is 28.4 Å². The van der Waals surface area contributed by atoms with Crippen LogP contribution in [0.4, 0.5) is 5.82 Å². The highest BCUT2D eigenvalue weighted by Crippen LogP contribution is 2.22. The Morgan fingerprint density at radius 2 is 1.79 bits per heavy atom. The molecule has 174 valence electrons. The number of para-hydroxylation sites is 1. The zero-order valence-electron chi connectivity index (χ0n) is 20.2. The van der Waals surface area contributed by atoms with Crippen molar-refractivity contribution in [1.82, 2.24) is 20.5 Å². The molecule has 2 aromatic carbocycles. The van der Waals surface area contributed by atoms with Crippen LogP contribution in [0.25, 0.3) is 10.9 Å². The second-order valence-electron chi connectivity index (χ2n) is 8.32. The number of hydrogen-bond donors (Lipinski definition) is 2. The number of anilines is 1. The number of carbonyl (C=O) groups is 1. The van der Waals surface area contributed by atoms with Gasteiger partial charge in [-0.1, -0.05) is 30.3 Å². The van der Waals surface area contributed by atoms with E-state index < -0.39 is 0 Å². The van der Waals surface area contributed by atoms with Crippen LogP contribution in [0.3, 0.4) is 0 Å². The van der Waals surface area contributed by atoms with Crippen LogP contribution in [0.2, 0.25) is 0 Å². The van der Waals surface area contributed by atoms with E-state index in [9.17, 15) is 4.79 Å². The molecule has 0 radical (unpaired) electrons. The smallest absolute Gasteiger partial charge is 0.253 e. The molecule has 1 aromatic heterocycles. The number of rotatable bonds is 8. The Hall–Kier alpha value is -3.61. The number of aliphatic imine (C=N–C) groups is 1. The third kappa shape index (κ3) is 6.44. The first-order valence-corrected chi connectivity index (χ1v) is 11.3. The molecule has 1 amide bonds. The van der Waals surface area contributed by atoms with Crippen molar-refractivity contribution in [3.05, 3.63) is 71.3 Å². The lowest BCUT2D eigenvalue weighted by Gasteiger charge is -2.15. The Kier molecular flexibility index (Phi) is 8.24. The van der Waals surface area contributed by atoms with E-state index in [0.717, 1.165) is 46.8 Å². The SMILES string of the molecule is CCNC(=NCc1cc(N(C)C)nc2ccccc12)NCCc1cccc(C(=O)N(C)C)c1. The van der Waals surface area contributed by atoms with Crippen molar-refractivity contribution in [2.75, 3.05) is 46.2 Å². The maximum atomic E-state index is 12.2. The van der Waals surface area contributed by atoms with Crippen molar-refractivity contribution in [2.45, 2.75) is 19.9 Å². The maximum Gasteiger partial charge on any atom is 0.253 e. The van der Waals surface area contributed by atoms with Crippen LogP contribution >= 0.6 is 0 Å². The van der Waals surface area contributed by atoms with Gasteiger partial charge in [-0.15, -0.1) is 0 Å². The highest BCUT2D eigenvalue weighted by atomic mass is 16.2. The molecule has 0 fully saturated rings. The summed E-state index contributed by atoms with van der Waals surface area (Å²) in [6.45, 7) is 4.09. The molecule has 33 heavy (non-hydrogen) atoms. The summed E-state index contributed by atoms with van der Waals surface area (Å²) >= 11 is 0. The van der Waals surface area contributed by atoms with Crippen molar-refractivity contribution >= 4 is 28.6 Å². The number of amides is 1. The van der Waals surface area contributed by atoms with Crippen molar-refractivity contribution < 1.29 is 4.79 Å². The van der Waals surface area contributed by atoms with Gasteiger partial charge in [0, 0.05) is 52.2 Å². The van der Waals surface area contributed by atoms with E-state index in [0.29, 0.717) is 18.7 Å². The zero-order valence-corrected chi connectivity index (χ0v) is 20.2. The molecular weight excluding hydrogens is 412 g/mol. The predicted molar refractivity (Wildman–Crippen MR) is 137 cm³/mol. The molecular formula is C26H34N6O. The number of benzene rings is 2. The van der Waals surface area contributed by atoms with Crippen LogP contribution in [-0.2, 0) is 13.0 Å². The maximum absolute atomic E-state index is 12.2. The van der Waals surface area contributed by atoms with Gasteiger partial charge in [0.05, 0.1) is 12.1 Å². The third-order valence-corrected chi connectivity index (χ3v) is 5.28. The van der Waals surface area contributed by atoms with Crippen molar-refractivity contribution in [3.8, 4) is 0 Å². The Morgan fingerprint density at radius 3 is 2.52 bits per heavy atom. The Bertz CT molecular complexity index is 1120. The summed E-state index contributed by atoms with van der Waals surface area (Å²) in [6.07, 6.45) is 0.794. The van der Waals surface area contributed by atoms with Gasteiger partial charge in [-0.25, -0.2) is 9.98 Å². The Morgan fingerprint density at radius 1 is 1.00 bits per heavy atom. The quantitative estimate of drug-likeness (QED) is 0.410. The van der Waals surface area contributed by atoms with E-state index in [-0.39, 0.29) is 5.91 Å². The summed E-state index contributed by atoms with van der Waals surface area (Å²) in [5.41, 5.74) is 3.93. The molecule has 0 bridgehead atoms. The summed E-state index contributed by atoms with van der Waals surface area (Å²) in [6, 6.07) is 18.1. The molecule has 0 unspecified atom stereocenters. The minimum absolute atomic E-state index is 0.0152. The lowest BCUT2D eigenvalue weighted by molar-refractivity contribution is 0.0827.